The molecule has 2 aromatic heterocycles. The van der Waals surface area contributed by atoms with Gasteiger partial charge < -0.3 is 5.32 Å². The number of aromatic nitrogens is 3. The average Bonchev–Trinajstić information content (AvgIpc) is 2.87. The first-order valence-corrected chi connectivity index (χ1v) is 7.00. The minimum absolute atomic E-state index is 0.0825. The van der Waals surface area contributed by atoms with Gasteiger partial charge in [0.2, 0.25) is 0 Å². The van der Waals surface area contributed by atoms with E-state index in [0.29, 0.717) is 24.9 Å². The first-order valence-electron chi connectivity index (χ1n) is 6.62. The molecule has 112 valence electrons. The third kappa shape index (κ3) is 3.39. The lowest BCUT2D eigenvalue weighted by Gasteiger charge is -2.13. The van der Waals surface area contributed by atoms with Gasteiger partial charge in [0.1, 0.15) is 0 Å². The lowest BCUT2D eigenvalue weighted by molar-refractivity contribution is 0.112. The molecule has 1 N–H and O–H groups in total. The van der Waals surface area contributed by atoms with Gasteiger partial charge in [-0.05, 0) is 12.5 Å². The molecule has 0 aliphatic heterocycles. The molecule has 0 unspecified atom stereocenters. The summed E-state index contributed by atoms with van der Waals surface area (Å²) in [4.78, 5) is 15.2. The van der Waals surface area contributed by atoms with Crippen LogP contribution in [-0.2, 0) is 20.0 Å². The minimum atomic E-state index is -0.713. The number of hydrogen-bond donors (Lipinski definition) is 1. The first kappa shape index (κ1) is 15.4. The highest BCUT2D eigenvalue weighted by Crippen LogP contribution is 2.27. The van der Waals surface area contributed by atoms with Gasteiger partial charge in [0, 0.05) is 13.2 Å². The normalized spacial score (nSPS) is 10.7. The van der Waals surface area contributed by atoms with Crippen LogP contribution in [0.4, 0.5) is 10.1 Å². The minimum Gasteiger partial charge on any atom is -0.376 e. The zero-order valence-electron chi connectivity index (χ0n) is 11.9. The molecule has 0 radical (unpaired) electrons. The number of carbonyl (C=O) groups excluding carboxylic acids is 1. The van der Waals surface area contributed by atoms with E-state index in [1.807, 2.05) is 6.92 Å². The predicted molar refractivity (Wildman–Crippen MR) is 79.1 cm³/mol. The van der Waals surface area contributed by atoms with Crippen LogP contribution in [0.15, 0.2) is 12.3 Å². The lowest BCUT2D eigenvalue weighted by Crippen LogP contribution is -2.10. The molecule has 0 aromatic carbocycles. The van der Waals surface area contributed by atoms with E-state index in [9.17, 15) is 9.18 Å². The summed E-state index contributed by atoms with van der Waals surface area (Å²) in [5.74, 6) is -0.713. The molecular weight excluding hydrogens is 295 g/mol. The summed E-state index contributed by atoms with van der Waals surface area (Å²) in [5.41, 5.74) is 1.54. The van der Waals surface area contributed by atoms with Crippen molar-refractivity contribution in [3.63, 3.8) is 0 Å². The van der Waals surface area contributed by atoms with Crippen LogP contribution in [0.3, 0.4) is 0 Å². The number of pyridine rings is 1. The summed E-state index contributed by atoms with van der Waals surface area (Å²) in [6, 6.07) is 1.81. The summed E-state index contributed by atoms with van der Waals surface area (Å²) in [6.07, 6.45) is 3.75. The third-order valence-electron chi connectivity index (χ3n) is 3.03. The van der Waals surface area contributed by atoms with Crippen LogP contribution in [0.5, 0.6) is 0 Å². The molecule has 0 amide bonds. The molecule has 0 aliphatic rings. The van der Waals surface area contributed by atoms with Crippen LogP contribution in [0.2, 0.25) is 5.15 Å². The summed E-state index contributed by atoms with van der Waals surface area (Å²) >= 11 is 5.81. The van der Waals surface area contributed by atoms with Crippen molar-refractivity contribution < 1.29 is 9.18 Å². The second-order valence-electron chi connectivity index (χ2n) is 4.65. The highest BCUT2D eigenvalue weighted by molar-refractivity contribution is 6.30. The molecule has 21 heavy (non-hydrogen) atoms. The molecule has 5 nitrogen and oxygen atoms in total. The SMILES string of the molecule is CCCc1nc(Cl)c(F)c(NCc2ccn(C)n2)c1C=O. The summed E-state index contributed by atoms with van der Waals surface area (Å²) in [5, 5.41) is 6.85. The van der Waals surface area contributed by atoms with Crippen molar-refractivity contribution in [3.05, 3.63) is 40.2 Å². The van der Waals surface area contributed by atoms with E-state index < -0.39 is 5.82 Å². The Morgan fingerprint density at radius 3 is 2.86 bits per heavy atom. The van der Waals surface area contributed by atoms with Crippen molar-refractivity contribution in [2.24, 2.45) is 7.05 Å². The van der Waals surface area contributed by atoms with Gasteiger partial charge in [0.05, 0.1) is 29.2 Å². The van der Waals surface area contributed by atoms with Crippen LogP contribution in [0, 0.1) is 5.82 Å². The van der Waals surface area contributed by atoms with E-state index in [2.05, 4.69) is 15.4 Å². The zero-order valence-corrected chi connectivity index (χ0v) is 12.6. The number of halogens is 2. The molecule has 0 bridgehead atoms. The van der Waals surface area contributed by atoms with Crippen molar-refractivity contribution in [2.45, 2.75) is 26.3 Å². The molecule has 7 heteroatoms. The van der Waals surface area contributed by atoms with E-state index >= 15 is 0 Å². The van der Waals surface area contributed by atoms with Gasteiger partial charge in [-0.1, -0.05) is 24.9 Å². The molecule has 0 saturated heterocycles. The van der Waals surface area contributed by atoms with E-state index in [-0.39, 0.29) is 16.4 Å². The quantitative estimate of drug-likeness (QED) is 0.658. The highest BCUT2D eigenvalue weighted by atomic mass is 35.5. The highest BCUT2D eigenvalue weighted by Gasteiger charge is 2.18. The second-order valence-corrected chi connectivity index (χ2v) is 5.01. The van der Waals surface area contributed by atoms with Gasteiger partial charge in [0.15, 0.2) is 17.3 Å². The van der Waals surface area contributed by atoms with Crippen molar-refractivity contribution in [1.82, 2.24) is 14.8 Å². The summed E-state index contributed by atoms with van der Waals surface area (Å²) < 4.78 is 15.8. The van der Waals surface area contributed by atoms with Crippen molar-refractivity contribution in [1.29, 1.82) is 0 Å². The van der Waals surface area contributed by atoms with Crippen molar-refractivity contribution in [3.8, 4) is 0 Å². The fourth-order valence-electron chi connectivity index (χ4n) is 2.06. The molecule has 0 atom stereocenters. The Kier molecular flexibility index (Phi) is 4.90. The molecule has 2 rings (SSSR count). The Morgan fingerprint density at radius 1 is 1.52 bits per heavy atom. The maximum atomic E-state index is 14.1. The fourth-order valence-corrected chi connectivity index (χ4v) is 2.25. The smallest absolute Gasteiger partial charge is 0.184 e. The van der Waals surface area contributed by atoms with Crippen LogP contribution >= 0.6 is 11.6 Å². The van der Waals surface area contributed by atoms with Gasteiger partial charge in [-0.25, -0.2) is 9.37 Å². The predicted octanol–water partition coefficient (Wildman–Crippen LogP) is 2.98. The van der Waals surface area contributed by atoms with Crippen LogP contribution in [-0.4, -0.2) is 21.1 Å². The molecule has 0 fully saturated rings. The number of aryl methyl sites for hydroxylation is 2. The zero-order chi connectivity index (χ0) is 15.4. The van der Waals surface area contributed by atoms with Gasteiger partial charge in [-0.2, -0.15) is 5.10 Å². The number of carbonyl (C=O) groups is 1. The molecule has 2 aromatic rings. The summed E-state index contributed by atoms with van der Waals surface area (Å²) in [6.45, 7) is 2.25. The van der Waals surface area contributed by atoms with Crippen molar-refractivity contribution >= 4 is 23.6 Å². The number of hydrogen-bond acceptors (Lipinski definition) is 4. The average molecular weight is 311 g/mol. The third-order valence-corrected chi connectivity index (χ3v) is 3.28. The largest absolute Gasteiger partial charge is 0.376 e. The molecule has 0 spiro atoms. The van der Waals surface area contributed by atoms with Gasteiger partial charge in [0.25, 0.3) is 0 Å². The number of aldehydes is 1. The Balaban J connectivity index is 2.33. The van der Waals surface area contributed by atoms with E-state index in [1.165, 1.54) is 0 Å². The van der Waals surface area contributed by atoms with Crippen molar-refractivity contribution in [2.75, 3.05) is 5.32 Å². The number of anilines is 1. The molecule has 2 heterocycles. The fraction of sp³-hybridized carbons (Fsp3) is 0.357. The number of nitrogens with zero attached hydrogens (tertiary/aromatic N) is 3. The van der Waals surface area contributed by atoms with Crippen LogP contribution < -0.4 is 5.32 Å². The van der Waals surface area contributed by atoms with E-state index in [1.54, 1.807) is 24.0 Å². The van der Waals surface area contributed by atoms with Gasteiger partial charge in [-0.15, -0.1) is 0 Å². The molecule has 0 aliphatic carbocycles. The maximum Gasteiger partial charge on any atom is 0.184 e. The monoisotopic (exact) mass is 310 g/mol. The maximum absolute atomic E-state index is 14.1. The van der Waals surface area contributed by atoms with Crippen LogP contribution in [0.25, 0.3) is 0 Å². The first-order chi connectivity index (χ1) is 10.1. The Bertz CT molecular complexity index is 657. The van der Waals surface area contributed by atoms with Gasteiger partial charge in [-0.3, -0.25) is 9.48 Å². The standard InChI is InChI=1S/C14H16ClFN4O/c1-3-4-11-10(8-21)13(12(16)14(15)18-11)17-7-9-5-6-20(2)19-9/h5-6,8H,3-4,7H2,1-2H3,(H,17,18). The number of rotatable bonds is 6. The van der Waals surface area contributed by atoms with E-state index in [4.69, 9.17) is 11.6 Å². The second kappa shape index (κ2) is 6.67. The topological polar surface area (TPSA) is 59.8 Å². The Hall–Kier alpha value is -1.95. The van der Waals surface area contributed by atoms with Crippen LogP contribution in [0.1, 0.15) is 35.1 Å². The molecule has 0 saturated carbocycles. The van der Waals surface area contributed by atoms with Gasteiger partial charge >= 0.3 is 0 Å². The lowest BCUT2D eigenvalue weighted by atomic mass is 10.1. The Labute approximate surface area is 127 Å². The number of nitrogens with one attached hydrogen (secondary N) is 1. The summed E-state index contributed by atoms with van der Waals surface area (Å²) in [7, 11) is 1.80. The molecular formula is C14H16ClFN4O. The van der Waals surface area contributed by atoms with E-state index in [0.717, 1.165) is 12.1 Å². The Morgan fingerprint density at radius 2 is 2.29 bits per heavy atom.